The third kappa shape index (κ3) is 1.69. The van der Waals surface area contributed by atoms with E-state index in [9.17, 15) is 0 Å². The number of aromatic nitrogens is 2. The maximum Gasteiger partial charge on any atom is 0.125 e. The number of anilines is 2. The molecule has 0 radical (unpaired) electrons. The standard InChI is InChI=1S/C10H11N3/c1-8-4-2-3-5-9(8)12-10-6-7-11-13-10/h2-7H,1H3,(H2,11,12,13). The van der Waals surface area contributed by atoms with Gasteiger partial charge in [0, 0.05) is 11.8 Å². The SMILES string of the molecule is Cc1ccccc1Nc1ccn[nH]1. The van der Waals surface area contributed by atoms with Gasteiger partial charge in [0.15, 0.2) is 0 Å². The average Bonchev–Trinajstić information content (AvgIpc) is 2.61. The van der Waals surface area contributed by atoms with Crippen LogP contribution in [-0.4, -0.2) is 10.2 Å². The van der Waals surface area contributed by atoms with Gasteiger partial charge in [-0.1, -0.05) is 18.2 Å². The Hall–Kier alpha value is -1.77. The van der Waals surface area contributed by atoms with E-state index in [1.165, 1.54) is 5.56 Å². The molecule has 0 spiro atoms. The number of aromatic amines is 1. The Kier molecular flexibility index (Phi) is 2.00. The largest absolute Gasteiger partial charge is 0.340 e. The van der Waals surface area contributed by atoms with Crippen molar-refractivity contribution in [2.24, 2.45) is 0 Å². The molecule has 0 aliphatic rings. The fraction of sp³-hybridized carbons (Fsp3) is 0.100. The fourth-order valence-corrected chi connectivity index (χ4v) is 1.18. The van der Waals surface area contributed by atoms with E-state index in [1.807, 2.05) is 24.3 Å². The Labute approximate surface area is 76.8 Å². The number of nitrogens with zero attached hydrogens (tertiary/aromatic N) is 1. The zero-order chi connectivity index (χ0) is 9.10. The molecule has 3 nitrogen and oxygen atoms in total. The van der Waals surface area contributed by atoms with Crippen molar-refractivity contribution in [3.05, 3.63) is 42.1 Å². The predicted octanol–water partition coefficient (Wildman–Crippen LogP) is 2.46. The Morgan fingerprint density at radius 2 is 2.08 bits per heavy atom. The second kappa shape index (κ2) is 3.31. The molecule has 0 bridgehead atoms. The fourth-order valence-electron chi connectivity index (χ4n) is 1.18. The molecule has 0 saturated carbocycles. The van der Waals surface area contributed by atoms with E-state index in [4.69, 9.17) is 0 Å². The highest BCUT2D eigenvalue weighted by atomic mass is 15.2. The zero-order valence-electron chi connectivity index (χ0n) is 7.41. The van der Waals surface area contributed by atoms with Crippen molar-refractivity contribution >= 4 is 11.5 Å². The lowest BCUT2D eigenvalue weighted by atomic mass is 10.2. The van der Waals surface area contributed by atoms with E-state index in [0.29, 0.717) is 0 Å². The Bertz CT molecular complexity index is 379. The monoisotopic (exact) mass is 173 g/mol. The van der Waals surface area contributed by atoms with Gasteiger partial charge in [-0.25, -0.2) is 0 Å². The highest BCUT2D eigenvalue weighted by molar-refractivity contribution is 5.59. The number of nitrogens with one attached hydrogen (secondary N) is 2. The van der Waals surface area contributed by atoms with E-state index in [0.717, 1.165) is 11.5 Å². The minimum atomic E-state index is 0.911. The maximum absolute atomic E-state index is 3.86. The number of aryl methyl sites for hydroxylation is 1. The zero-order valence-corrected chi connectivity index (χ0v) is 7.41. The minimum Gasteiger partial charge on any atom is -0.340 e. The molecular weight excluding hydrogens is 162 g/mol. The van der Waals surface area contributed by atoms with Crippen LogP contribution in [0.25, 0.3) is 0 Å². The van der Waals surface area contributed by atoms with Crippen LogP contribution in [0.15, 0.2) is 36.5 Å². The molecule has 0 fully saturated rings. The number of para-hydroxylation sites is 1. The van der Waals surface area contributed by atoms with E-state index < -0.39 is 0 Å². The van der Waals surface area contributed by atoms with Crippen molar-refractivity contribution in [2.75, 3.05) is 5.32 Å². The summed E-state index contributed by atoms with van der Waals surface area (Å²) in [6.45, 7) is 2.07. The molecule has 0 aliphatic heterocycles. The molecule has 2 rings (SSSR count). The molecule has 0 atom stereocenters. The molecule has 0 unspecified atom stereocenters. The van der Waals surface area contributed by atoms with Gasteiger partial charge in [0.1, 0.15) is 5.82 Å². The van der Waals surface area contributed by atoms with Crippen molar-refractivity contribution in [2.45, 2.75) is 6.92 Å². The third-order valence-corrected chi connectivity index (χ3v) is 1.92. The van der Waals surface area contributed by atoms with Crippen LogP contribution in [0.3, 0.4) is 0 Å². The summed E-state index contributed by atoms with van der Waals surface area (Å²) in [6, 6.07) is 10.0. The number of H-pyrrole nitrogens is 1. The first kappa shape index (κ1) is 7.86. The number of rotatable bonds is 2. The van der Waals surface area contributed by atoms with Gasteiger partial charge in [0.05, 0.1) is 6.20 Å². The Morgan fingerprint density at radius 1 is 1.23 bits per heavy atom. The van der Waals surface area contributed by atoms with Gasteiger partial charge in [-0.15, -0.1) is 0 Å². The van der Waals surface area contributed by atoms with Crippen LogP contribution in [0.1, 0.15) is 5.56 Å². The molecule has 2 N–H and O–H groups in total. The van der Waals surface area contributed by atoms with Gasteiger partial charge < -0.3 is 5.32 Å². The molecule has 2 aromatic rings. The first-order chi connectivity index (χ1) is 6.36. The summed E-state index contributed by atoms with van der Waals surface area (Å²) in [5.41, 5.74) is 2.32. The lowest BCUT2D eigenvalue weighted by Crippen LogP contribution is -1.92. The summed E-state index contributed by atoms with van der Waals surface area (Å²) in [5.74, 6) is 0.911. The van der Waals surface area contributed by atoms with Crippen LogP contribution in [0.2, 0.25) is 0 Å². The third-order valence-electron chi connectivity index (χ3n) is 1.92. The summed E-state index contributed by atoms with van der Waals surface area (Å²) < 4.78 is 0. The number of hydrogen-bond donors (Lipinski definition) is 2. The van der Waals surface area contributed by atoms with Crippen LogP contribution < -0.4 is 5.32 Å². The van der Waals surface area contributed by atoms with Crippen molar-refractivity contribution in [1.82, 2.24) is 10.2 Å². The summed E-state index contributed by atoms with van der Waals surface area (Å²) in [6.07, 6.45) is 1.72. The summed E-state index contributed by atoms with van der Waals surface area (Å²) in [4.78, 5) is 0. The Balaban J connectivity index is 2.24. The first-order valence-corrected chi connectivity index (χ1v) is 4.18. The number of hydrogen-bond acceptors (Lipinski definition) is 2. The predicted molar refractivity (Wildman–Crippen MR) is 53.0 cm³/mol. The summed E-state index contributed by atoms with van der Waals surface area (Å²) in [7, 11) is 0. The molecule has 66 valence electrons. The summed E-state index contributed by atoms with van der Waals surface area (Å²) in [5, 5.41) is 9.95. The molecule has 0 amide bonds. The second-order valence-electron chi connectivity index (χ2n) is 2.91. The van der Waals surface area contributed by atoms with Gasteiger partial charge in [-0.3, -0.25) is 5.10 Å². The first-order valence-electron chi connectivity index (χ1n) is 4.18. The van der Waals surface area contributed by atoms with Gasteiger partial charge in [-0.05, 0) is 18.6 Å². The number of benzene rings is 1. The lowest BCUT2D eigenvalue weighted by molar-refractivity contribution is 1.09. The molecule has 0 aliphatic carbocycles. The molecule has 1 heterocycles. The molecule has 0 saturated heterocycles. The smallest absolute Gasteiger partial charge is 0.125 e. The van der Waals surface area contributed by atoms with Crippen molar-refractivity contribution < 1.29 is 0 Å². The van der Waals surface area contributed by atoms with E-state index in [-0.39, 0.29) is 0 Å². The van der Waals surface area contributed by atoms with Crippen LogP contribution in [0.4, 0.5) is 11.5 Å². The van der Waals surface area contributed by atoms with E-state index in [1.54, 1.807) is 6.20 Å². The van der Waals surface area contributed by atoms with Crippen molar-refractivity contribution in [1.29, 1.82) is 0 Å². The lowest BCUT2D eigenvalue weighted by Gasteiger charge is -2.05. The minimum absolute atomic E-state index is 0.911. The van der Waals surface area contributed by atoms with Crippen molar-refractivity contribution in [3.8, 4) is 0 Å². The highest BCUT2D eigenvalue weighted by Crippen LogP contribution is 2.17. The normalized spacial score (nSPS) is 9.92. The molecule has 13 heavy (non-hydrogen) atoms. The Morgan fingerprint density at radius 3 is 2.77 bits per heavy atom. The maximum atomic E-state index is 3.86. The topological polar surface area (TPSA) is 40.7 Å². The van der Waals surface area contributed by atoms with Crippen LogP contribution in [-0.2, 0) is 0 Å². The van der Waals surface area contributed by atoms with Gasteiger partial charge >= 0.3 is 0 Å². The second-order valence-corrected chi connectivity index (χ2v) is 2.91. The van der Waals surface area contributed by atoms with Crippen LogP contribution in [0.5, 0.6) is 0 Å². The average molecular weight is 173 g/mol. The molecule has 3 heteroatoms. The van der Waals surface area contributed by atoms with Crippen LogP contribution in [0, 0.1) is 6.92 Å². The highest BCUT2D eigenvalue weighted by Gasteiger charge is 1.96. The van der Waals surface area contributed by atoms with Gasteiger partial charge in [0.2, 0.25) is 0 Å². The molecular formula is C10H11N3. The van der Waals surface area contributed by atoms with Gasteiger partial charge in [0.25, 0.3) is 0 Å². The van der Waals surface area contributed by atoms with E-state index >= 15 is 0 Å². The quantitative estimate of drug-likeness (QED) is 0.732. The van der Waals surface area contributed by atoms with E-state index in [2.05, 4.69) is 28.5 Å². The molecule has 1 aromatic heterocycles. The van der Waals surface area contributed by atoms with Crippen LogP contribution >= 0.6 is 0 Å². The molecule has 1 aromatic carbocycles. The summed E-state index contributed by atoms with van der Waals surface area (Å²) >= 11 is 0. The van der Waals surface area contributed by atoms with Crippen molar-refractivity contribution in [3.63, 3.8) is 0 Å². The van der Waals surface area contributed by atoms with Gasteiger partial charge in [-0.2, -0.15) is 5.10 Å².